The molecule has 0 atom stereocenters. The first-order valence-corrected chi connectivity index (χ1v) is 9.67. The lowest BCUT2D eigenvalue weighted by Crippen LogP contribution is -2.28. The van der Waals surface area contributed by atoms with Crippen LogP contribution in [-0.4, -0.2) is 27.2 Å². The molecule has 2 aromatic rings. The Morgan fingerprint density at radius 1 is 1.22 bits per heavy atom. The van der Waals surface area contributed by atoms with Crippen molar-refractivity contribution in [2.24, 2.45) is 0 Å². The molecule has 5 heteroatoms. The van der Waals surface area contributed by atoms with E-state index in [1.807, 2.05) is 6.92 Å². The first kappa shape index (κ1) is 19.1. The van der Waals surface area contributed by atoms with Gasteiger partial charge in [0.2, 0.25) is 0 Å². The zero-order valence-electron chi connectivity index (χ0n) is 16.0. The predicted molar refractivity (Wildman–Crippen MR) is 111 cm³/mol. The van der Waals surface area contributed by atoms with Crippen LogP contribution in [0.15, 0.2) is 29.2 Å². The number of nitrogens with zero attached hydrogens (tertiary/aromatic N) is 2. The Bertz CT molecular complexity index is 1010. The van der Waals surface area contributed by atoms with Gasteiger partial charge in [0.15, 0.2) is 0 Å². The van der Waals surface area contributed by atoms with Gasteiger partial charge in [-0.15, -0.1) is 6.42 Å². The van der Waals surface area contributed by atoms with Crippen molar-refractivity contribution in [3.63, 3.8) is 0 Å². The molecular formula is C22H22N2O2S. The van der Waals surface area contributed by atoms with Gasteiger partial charge in [-0.25, -0.2) is 0 Å². The van der Waals surface area contributed by atoms with Crippen molar-refractivity contribution in [3.05, 3.63) is 57.2 Å². The first-order valence-electron chi connectivity index (χ1n) is 8.85. The van der Waals surface area contributed by atoms with E-state index in [1.54, 1.807) is 6.08 Å². The number of terminal acetylenes is 1. The largest absolute Gasteiger partial charge is 0.317 e. The fourth-order valence-electron chi connectivity index (χ4n) is 3.47. The second-order valence-electron chi connectivity index (χ2n) is 6.57. The van der Waals surface area contributed by atoms with Gasteiger partial charge < -0.3 is 4.57 Å². The summed E-state index contributed by atoms with van der Waals surface area (Å²) in [5, 5.41) is -0.315. The van der Waals surface area contributed by atoms with E-state index in [0.717, 1.165) is 40.0 Å². The molecule has 1 saturated heterocycles. The maximum atomic E-state index is 12.5. The lowest BCUT2D eigenvalue weighted by Gasteiger charge is -2.17. The lowest BCUT2D eigenvalue weighted by atomic mass is 10.1. The van der Waals surface area contributed by atoms with Crippen LogP contribution < -0.4 is 0 Å². The van der Waals surface area contributed by atoms with E-state index in [1.165, 1.54) is 16.8 Å². The van der Waals surface area contributed by atoms with Crippen molar-refractivity contribution in [1.82, 2.24) is 9.47 Å². The normalized spacial score (nSPS) is 15.7. The topological polar surface area (TPSA) is 42.3 Å². The number of carbonyl (C=O) groups is 2. The third-order valence-electron chi connectivity index (χ3n) is 4.81. The summed E-state index contributed by atoms with van der Waals surface area (Å²) in [5.74, 6) is 2.04. The summed E-state index contributed by atoms with van der Waals surface area (Å²) in [6.45, 7) is 8.36. The van der Waals surface area contributed by atoms with Crippen molar-refractivity contribution < 1.29 is 9.59 Å². The van der Waals surface area contributed by atoms with Crippen LogP contribution >= 0.6 is 11.8 Å². The second-order valence-corrected chi connectivity index (χ2v) is 7.56. The molecule has 3 rings (SSSR count). The molecule has 0 unspecified atom stereocenters. The van der Waals surface area contributed by atoms with E-state index in [2.05, 4.69) is 55.5 Å². The number of thioether (sulfide) groups is 1. The van der Waals surface area contributed by atoms with Gasteiger partial charge in [-0.2, -0.15) is 0 Å². The zero-order chi connectivity index (χ0) is 19.7. The Hall–Kier alpha value is -2.71. The number of aryl methyl sites for hydroxylation is 3. The standard InChI is InChI=1S/C22H22N2O2S/c1-6-11-23-21(25)19(27-22(23)26)13-18-12-15(4)24(16(18)5)20-14(3)9-8-10-17(20)7-2/h1,8-10,12-13H,7,11H2,2-5H3/b19-13+. The quantitative estimate of drug-likeness (QED) is 0.575. The molecule has 0 spiro atoms. The minimum absolute atomic E-state index is 0.00407. The van der Waals surface area contributed by atoms with Gasteiger partial charge in [-0.1, -0.05) is 31.0 Å². The number of imide groups is 1. The molecule has 0 bridgehead atoms. The van der Waals surface area contributed by atoms with Crippen molar-refractivity contribution in [2.75, 3.05) is 6.54 Å². The number of hydrogen-bond donors (Lipinski definition) is 0. The van der Waals surface area contributed by atoms with Crippen LogP contribution in [0.2, 0.25) is 0 Å². The molecular weight excluding hydrogens is 356 g/mol. The number of rotatable bonds is 4. The van der Waals surface area contributed by atoms with Crippen LogP contribution in [0.1, 0.15) is 35.0 Å². The Labute approximate surface area is 164 Å². The van der Waals surface area contributed by atoms with Gasteiger partial charge in [-0.3, -0.25) is 14.5 Å². The van der Waals surface area contributed by atoms with E-state index in [4.69, 9.17) is 6.42 Å². The smallest absolute Gasteiger partial charge is 0.294 e. The molecule has 1 aromatic carbocycles. The SMILES string of the molecule is C#CCN1C(=O)S/C(=C/c2cc(C)n(-c3c(C)cccc3CC)c2C)C1=O. The molecule has 0 N–H and O–H groups in total. The number of carbonyl (C=O) groups excluding carboxylic acids is 2. The molecule has 0 saturated carbocycles. The number of para-hydroxylation sites is 1. The molecule has 1 aromatic heterocycles. The number of hydrogen-bond acceptors (Lipinski definition) is 3. The first-order chi connectivity index (χ1) is 12.9. The van der Waals surface area contributed by atoms with E-state index in [0.29, 0.717) is 4.91 Å². The Balaban J connectivity index is 2.08. The number of amides is 2. The van der Waals surface area contributed by atoms with Gasteiger partial charge in [0, 0.05) is 11.4 Å². The van der Waals surface area contributed by atoms with E-state index < -0.39 is 0 Å². The summed E-state index contributed by atoms with van der Waals surface area (Å²) >= 11 is 0.941. The van der Waals surface area contributed by atoms with E-state index >= 15 is 0 Å². The zero-order valence-corrected chi connectivity index (χ0v) is 16.8. The van der Waals surface area contributed by atoms with Crippen molar-refractivity contribution in [3.8, 4) is 18.0 Å². The highest BCUT2D eigenvalue weighted by Gasteiger charge is 2.34. The average molecular weight is 378 g/mol. The number of benzene rings is 1. The van der Waals surface area contributed by atoms with Gasteiger partial charge in [0.05, 0.1) is 17.1 Å². The fraction of sp³-hybridized carbons (Fsp3) is 0.273. The molecule has 0 aliphatic carbocycles. The second kappa shape index (κ2) is 7.50. The Morgan fingerprint density at radius 3 is 2.63 bits per heavy atom. The van der Waals surface area contributed by atoms with Gasteiger partial charge in [0.25, 0.3) is 11.1 Å². The van der Waals surface area contributed by atoms with Crippen LogP contribution in [0.4, 0.5) is 4.79 Å². The molecule has 1 aliphatic heterocycles. The third kappa shape index (κ3) is 3.33. The van der Waals surface area contributed by atoms with Gasteiger partial charge >= 0.3 is 0 Å². The van der Waals surface area contributed by atoms with Crippen LogP contribution in [0, 0.1) is 33.1 Å². The Kier molecular flexibility index (Phi) is 5.29. The molecule has 1 fully saturated rings. The summed E-state index contributed by atoms with van der Waals surface area (Å²) in [6.07, 6.45) is 7.99. The minimum atomic E-state index is -0.321. The van der Waals surface area contributed by atoms with Crippen molar-refractivity contribution >= 4 is 29.0 Å². The predicted octanol–water partition coefficient (Wildman–Crippen LogP) is 4.63. The van der Waals surface area contributed by atoms with Crippen molar-refractivity contribution in [2.45, 2.75) is 34.1 Å². The molecule has 4 nitrogen and oxygen atoms in total. The van der Waals surface area contributed by atoms with Gasteiger partial charge in [-0.05, 0) is 67.8 Å². The highest BCUT2D eigenvalue weighted by Crippen LogP contribution is 2.34. The highest BCUT2D eigenvalue weighted by atomic mass is 32.2. The minimum Gasteiger partial charge on any atom is -0.317 e. The van der Waals surface area contributed by atoms with E-state index in [9.17, 15) is 9.59 Å². The lowest BCUT2D eigenvalue weighted by molar-refractivity contribution is -0.122. The Morgan fingerprint density at radius 2 is 1.96 bits per heavy atom. The summed E-state index contributed by atoms with van der Waals surface area (Å²) < 4.78 is 2.23. The van der Waals surface area contributed by atoms with Crippen LogP contribution in [0.5, 0.6) is 0 Å². The maximum absolute atomic E-state index is 12.5. The molecule has 2 amide bonds. The summed E-state index contributed by atoms with van der Waals surface area (Å²) in [7, 11) is 0. The van der Waals surface area contributed by atoms with Crippen LogP contribution in [-0.2, 0) is 11.2 Å². The third-order valence-corrected chi connectivity index (χ3v) is 5.71. The maximum Gasteiger partial charge on any atom is 0.294 e. The summed E-state index contributed by atoms with van der Waals surface area (Å²) in [4.78, 5) is 26.0. The fourth-order valence-corrected chi connectivity index (χ4v) is 4.30. The van der Waals surface area contributed by atoms with Crippen LogP contribution in [0.3, 0.4) is 0 Å². The molecule has 27 heavy (non-hydrogen) atoms. The van der Waals surface area contributed by atoms with Crippen molar-refractivity contribution in [1.29, 1.82) is 0 Å². The molecule has 1 aliphatic rings. The van der Waals surface area contributed by atoms with E-state index in [-0.39, 0.29) is 17.7 Å². The number of aromatic nitrogens is 1. The monoisotopic (exact) mass is 378 g/mol. The molecule has 0 radical (unpaired) electrons. The summed E-state index contributed by atoms with van der Waals surface area (Å²) in [5.41, 5.74) is 6.74. The highest BCUT2D eigenvalue weighted by molar-refractivity contribution is 8.18. The molecule has 138 valence electrons. The van der Waals surface area contributed by atoms with Gasteiger partial charge in [0.1, 0.15) is 0 Å². The summed E-state index contributed by atoms with van der Waals surface area (Å²) in [6, 6.07) is 8.38. The average Bonchev–Trinajstić information content (AvgIpc) is 3.05. The molecule has 2 heterocycles. The van der Waals surface area contributed by atoms with Crippen LogP contribution in [0.25, 0.3) is 11.8 Å².